The maximum absolute atomic E-state index is 13.5. The highest BCUT2D eigenvalue weighted by molar-refractivity contribution is 7.80. The van der Waals surface area contributed by atoms with E-state index in [1.165, 1.54) is 7.11 Å². The van der Waals surface area contributed by atoms with Crippen LogP contribution in [0, 0.1) is 23.3 Å². The largest absolute Gasteiger partial charge is 0.497 e. The Balaban J connectivity index is 2.15. The van der Waals surface area contributed by atoms with E-state index in [-0.39, 0.29) is 11.2 Å². The highest BCUT2D eigenvalue weighted by Gasteiger charge is 2.19. The number of nitrogens with one attached hydrogen (secondary N) is 2. The monoisotopic (exact) mass is 330 g/mol. The lowest BCUT2D eigenvalue weighted by Crippen LogP contribution is -2.21. The number of methoxy groups -OCH3 is 1. The summed E-state index contributed by atoms with van der Waals surface area (Å²) in [5, 5.41) is 4.49. The number of thiocarbonyl (C=S) groups is 1. The van der Waals surface area contributed by atoms with Gasteiger partial charge in [-0.2, -0.15) is 0 Å². The first kappa shape index (κ1) is 16.0. The molecule has 0 radical (unpaired) electrons. The molecule has 2 N–H and O–H groups in total. The van der Waals surface area contributed by atoms with Gasteiger partial charge in [-0.3, -0.25) is 0 Å². The lowest BCUT2D eigenvalue weighted by molar-refractivity contribution is 0.415. The summed E-state index contributed by atoms with van der Waals surface area (Å²) in [4.78, 5) is 0. The normalized spacial score (nSPS) is 10.2. The van der Waals surface area contributed by atoms with Crippen LogP contribution in [0.3, 0.4) is 0 Å². The highest BCUT2D eigenvalue weighted by atomic mass is 32.1. The van der Waals surface area contributed by atoms with E-state index in [4.69, 9.17) is 17.0 Å². The van der Waals surface area contributed by atoms with Crippen molar-refractivity contribution in [1.29, 1.82) is 0 Å². The molecule has 0 aliphatic carbocycles. The van der Waals surface area contributed by atoms with Gasteiger partial charge in [-0.25, -0.2) is 17.6 Å². The van der Waals surface area contributed by atoms with Gasteiger partial charge >= 0.3 is 0 Å². The van der Waals surface area contributed by atoms with E-state index >= 15 is 0 Å². The van der Waals surface area contributed by atoms with Gasteiger partial charge in [-0.15, -0.1) is 0 Å². The Morgan fingerprint density at radius 3 is 2.00 bits per heavy atom. The molecule has 0 spiro atoms. The third-order valence-electron chi connectivity index (χ3n) is 2.70. The van der Waals surface area contributed by atoms with Crippen LogP contribution in [0.25, 0.3) is 0 Å². The zero-order chi connectivity index (χ0) is 16.3. The van der Waals surface area contributed by atoms with Gasteiger partial charge in [-0.05, 0) is 36.5 Å². The van der Waals surface area contributed by atoms with E-state index in [9.17, 15) is 17.6 Å². The molecular weight excluding hydrogens is 320 g/mol. The van der Waals surface area contributed by atoms with Crippen molar-refractivity contribution < 1.29 is 22.3 Å². The van der Waals surface area contributed by atoms with Crippen LogP contribution in [0.2, 0.25) is 0 Å². The molecular formula is C14H10F4N2OS. The van der Waals surface area contributed by atoms with Gasteiger partial charge in [0, 0.05) is 11.8 Å². The highest BCUT2D eigenvalue weighted by Crippen LogP contribution is 2.24. The molecule has 0 amide bonds. The predicted octanol–water partition coefficient (Wildman–Crippen LogP) is 4.06. The van der Waals surface area contributed by atoms with Gasteiger partial charge in [0.2, 0.25) is 0 Å². The van der Waals surface area contributed by atoms with E-state index in [1.54, 1.807) is 24.3 Å². The van der Waals surface area contributed by atoms with Crippen LogP contribution in [0.15, 0.2) is 30.3 Å². The van der Waals surface area contributed by atoms with Crippen molar-refractivity contribution in [2.75, 3.05) is 17.7 Å². The number of hydrogen-bond acceptors (Lipinski definition) is 2. The van der Waals surface area contributed by atoms with Crippen LogP contribution in [0.5, 0.6) is 5.75 Å². The number of rotatable bonds is 3. The Hall–Kier alpha value is -2.35. The van der Waals surface area contributed by atoms with Gasteiger partial charge in [0.25, 0.3) is 0 Å². The average Bonchev–Trinajstić information content (AvgIpc) is 2.50. The van der Waals surface area contributed by atoms with Crippen LogP contribution in [0.1, 0.15) is 0 Å². The molecule has 0 heterocycles. The van der Waals surface area contributed by atoms with Crippen molar-refractivity contribution in [2.45, 2.75) is 0 Å². The smallest absolute Gasteiger partial charge is 0.185 e. The van der Waals surface area contributed by atoms with Crippen molar-refractivity contribution in [3.63, 3.8) is 0 Å². The molecule has 0 aromatic heterocycles. The molecule has 0 atom stereocenters. The van der Waals surface area contributed by atoms with Crippen LogP contribution >= 0.6 is 12.2 Å². The van der Waals surface area contributed by atoms with Gasteiger partial charge < -0.3 is 15.4 Å². The fourth-order valence-corrected chi connectivity index (χ4v) is 1.85. The molecule has 3 nitrogen and oxygen atoms in total. The minimum Gasteiger partial charge on any atom is -0.497 e. The topological polar surface area (TPSA) is 33.3 Å². The molecule has 0 fully saturated rings. The number of hydrogen-bond donors (Lipinski definition) is 2. The molecule has 8 heteroatoms. The predicted molar refractivity (Wildman–Crippen MR) is 79.1 cm³/mol. The molecule has 2 aromatic carbocycles. The first-order valence-electron chi connectivity index (χ1n) is 5.97. The summed E-state index contributed by atoms with van der Waals surface area (Å²) in [6.07, 6.45) is 0. The zero-order valence-corrected chi connectivity index (χ0v) is 12.0. The molecule has 22 heavy (non-hydrogen) atoms. The van der Waals surface area contributed by atoms with E-state index in [0.717, 1.165) is 0 Å². The van der Waals surface area contributed by atoms with Gasteiger partial charge in [0.1, 0.15) is 11.4 Å². The molecule has 2 rings (SSSR count). The standard InChI is InChI=1S/C14H10F4N2OS/c1-21-8-4-2-7(3-5-8)19-14(22)20-13-11(17)9(15)6-10(16)12(13)18/h2-6H,1H3,(H2,19,20,22). The molecule has 0 bridgehead atoms. The van der Waals surface area contributed by atoms with E-state index in [0.29, 0.717) is 11.4 Å². The lowest BCUT2D eigenvalue weighted by Gasteiger charge is -2.13. The summed E-state index contributed by atoms with van der Waals surface area (Å²) in [6.45, 7) is 0. The van der Waals surface area contributed by atoms with Crippen molar-refractivity contribution >= 4 is 28.7 Å². The molecule has 0 aliphatic heterocycles. The minimum absolute atomic E-state index is 0.121. The van der Waals surface area contributed by atoms with Gasteiger partial charge in [0.05, 0.1) is 7.11 Å². The Morgan fingerprint density at radius 1 is 0.955 bits per heavy atom. The fraction of sp³-hybridized carbons (Fsp3) is 0.0714. The molecule has 116 valence electrons. The van der Waals surface area contributed by atoms with Crippen molar-refractivity contribution in [3.05, 3.63) is 53.6 Å². The molecule has 0 aliphatic rings. The second-order valence-corrected chi connectivity index (χ2v) is 4.56. The average molecular weight is 330 g/mol. The maximum atomic E-state index is 13.5. The third-order valence-corrected chi connectivity index (χ3v) is 2.90. The lowest BCUT2D eigenvalue weighted by atomic mass is 10.2. The van der Waals surface area contributed by atoms with E-state index < -0.39 is 29.0 Å². The summed E-state index contributed by atoms with van der Waals surface area (Å²) in [5.41, 5.74) is -0.500. The third kappa shape index (κ3) is 3.45. The summed E-state index contributed by atoms with van der Waals surface area (Å²) in [6, 6.07) is 6.59. The Kier molecular flexibility index (Phi) is 4.81. The number of anilines is 2. The van der Waals surface area contributed by atoms with Crippen LogP contribution in [-0.4, -0.2) is 12.2 Å². The Morgan fingerprint density at radius 2 is 1.50 bits per heavy atom. The summed E-state index contributed by atoms with van der Waals surface area (Å²) in [7, 11) is 1.50. The molecule has 2 aromatic rings. The first-order valence-corrected chi connectivity index (χ1v) is 6.38. The second-order valence-electron chi connectivity index (χ2n) is 4.15. The van der Waals surface area contributed by atoms with Gasteiger partial charge in [-0.1, -0.05) is 0 Å². The first-order chi connectivity index (χ1) is 10.4. The zero-order valence-electron chi connectivity index (χ0n) is 11.2. The minimum atomic E-state index is -1.56. The summed E-state index contributed by atoms with van der Waals surface area (Å²) in [5.74, 6) is -5.55. The summed E-state index contributed by atoms with van der Waals surface area (Å²) < 4.78 is 58.1. The quantitative estimate of drug-likeness (QED) is 0.505. The van der Waals surface area contributed by atoms with Crippen molar-refractivity contribution in [2.24, 2.45) is 0 Å². The second kappa shape index (κ2) is 6.61. The van der Waals surface area contributed by atoms with Crippen molar-refractivity contribution in [1.82, 2.24) is 0 Å². The Labute approximate surface area is 128 Å². The number of benzene rings is 2. The molecule has 0 saturated heterocycles. The SMILES string of the molecule is COc1ccc(NC(=S)Nc2c(F)c(F)cc(F)c2F)cc1. The summed E-state index contributed by atoms with van der Waals surface area (Å²) >= 11 is 4.85. The van der Waals surface area contributed by atoms with E-state index in [1.807, 2.05) is 0 Å². The van der Waals surface area contributed by atoms with Crippen molar-refractivity contribution in [3.8, 4) is 5.75 Å². The van der Waals surface area contributed by atoms with Gasteiger partial charge in [0.15, 0.2) is 28.4 Å². The van der Waals surface area contributed by atoms with Crippen LogP contribution in [0.4, 0.5) is 28.9 Å². The van der Waals surface area contributed by atoms with E-state index in [2.05, 4.69) is 10.6 Å². The molecule has 0 saturated carbocycles. The van der Waals surface area contributed by atoms with Crippen LogP contribution in [-0.2, 0) is 0 Å². The number of halogens is 4. The van der Waals surface area contributed by atoms with Crippen LogP contribution < -0.4 is 15.4 Å². The number of ether oxygens (including phenoxy) is 1. The Bertz CT molecular complexity index is 681. The molecule has 0 unspecified atom stereocenters. The fourth-order valence-electron chi connectivity index (χ4n) is 1.63. The maximum Gasteiger partial charge on any atom is 0.185 e.